The van der Waals surface area contributed by atoms with Crippen LogP contribution in [0.25, 0.3) is 16.9 Å². The Kier molecular flexibility index (Phi) is 4.01. The quantitative estimate of drug-likeness (QED) is 0.746. The van der Waals surface area contributed by atoms with Gasteiger partial charge in [-0.25, -0.2) is 9.78 Å². The van der Waals surface area contributed by atoms with E-state index in [-0.39, 0.29) is 0 Å². The summed E-state index contributed by atoms with van der Waals surface area (Å²) in [6, 6.07) is 11.6. The number of ether oxygens (including phenoxy) is 1. The number of rotatable bonds is 2. The van der Waals surface area contributed by atoms with Gasteiger partial charge in [-0.3, -0.25) is 5.32 Å². The van der Waals surface area contributed by atoms with Crippen LogP contribution < -0.4 is 5.32 Å². The molecule has 0 spiro atoms. The molecule has 1 N–H and O–H groups in total. The van der Waals surface area contributed by atoms with Gasteiger partial charge >= 0.3 is 6.09 Å². The third-order valence-corrected chi connectivity index (χ3v) is 3.40. The van der Waals surface area contributed by atoms with Crippen LogP contribution in [-0.2, 0) is 4.74 Å². The second kappa shape index (κ2) is 6.00. The lowest BCUT2D eigenvalue weighted by atomic mass is 10.1. The lowest BCUT2D eigenvalue weighted by molar-refractivity contribution is 0.0636. The third-order valence-electron chi connectivity index (χ3n) is 3.40. The van der Waals surface area contributed by atoms with Gasteiger partial charge in [-0.05, 0) is 51.5 Å². The Balaban J connectivity index is 1.85. The van der Waals surface area contributed by atoms with Crippen LogP contribution in [0.4, 0.5) is 10.5 Å². The second-order valence-corrected chi connectivity index (χ2v) is 6.81. The van der Waals surface area contributed by atoms with Gasteiger partial charge in [0.25, 0.3) is 0 Å². The van der Waals surface area contributed by atoms with Crippen LogP contribution in [0.15, 0.2) is 48.8 Å². The summed E-state index contributed by atoms with van der Waals surface area (Å²) in [7, 11) is 0. The fraction of sp³-hybridized carbons (Fsp3) is 0.263. The van der Waals surface area contributed by atoms with Crippen LogP contribution >= 0.6 is 0 Å². The molecule has 5 nitrogen and oxygen atoms in total. The first-order valence-corrected chi connectivity index (χ1v) is 7.86. The Hall–Kier alpha value is -2.82. The van der Waals surface area contributed by atoms with Gasteiger partial charge in [-0.15, -0.1) is 0 Å². The zero-order chi connectivity index (χ0) is 17.3. The van der Waals surface area contributed by atoms with Crippen molar-refractivity contribution in [1.82, 2.24) is 9.38 Å². The molecule has 0 fully saturated rings. The predicted octanol–water partition coefficient (Wildman–Crippen LogP) is 4.66. The fourth-order valence-electron chi connectivity index (χ4n) is 2.42. The van der Waals surface area contributed by atoms with Crippen molar-refractivity contribution in [3.05, 3.63) is 54.4 Å². The van der Waals surface area contributed by atoms with Gasteiger partial charge < -0.3 is 9.14 Å². The van der Waals surface area contributed by atoms with E-state index in [0.29, 0.717) is 5.69 Å². The first-order chi connectivity index (χ1) is 11.3. The number of carbonyl (C=O) groups is 1. The minimum absolute atomic E-state index is 0.467. The average Bonchev–Trinajstić information content (AvgIpc) is 2.88. The van der Waals surface area contributed by atoms with Crippen LogP contribution in [0.5, 0.6) is 0 Å². The van der Waals surface area contributed by atoms with Crippen LogP contribution in [0, 0.1) is 6.92 Å². The summed E-state index contributed by atoms with van der Waals surface area (Å²) in [5, 5.41) is 2.76. The summed E-state index contributed by atoms with van der Waals surface area (Å²) in [6.45, 7) is 7.55. The van der Waals surface area contributed by atoms with Crippen LogP contribution in [0.3, 0.4) is 0 Å². The molecule has 5 heteroatoms. The van der Waals surface area contributed by atoms with Crippen molar-refractivity contribution in [2.24, 2.45) is 0 Å². The molecule has 0 aliphatic heterocycles. The molecule has 2 aromatic heterocycles. The number of anilines is 1. The van der Waals surface area contributed by atoms with Crippen molar-refractivity contribution in [3.63, 3.8) is 0 Å². The summed E-state index contributed by atoms with van der Waals surface area (Å²) in [5.41, 5.74) is 4.00. The number of fused-ring (bicyclic) bond motifs is 1. The number of imidazole rings is 1. The molecule has 3 rings (SSSR count). The Morgan fingerprint density at radius 3 is 2.71 bits per heavy atom. The molecular weight excluding hydrogens is 302 g/mol. The zero-order valence-corrected chi connectivity index (χ0v) is 14.3. The van der Waals surface area contributed by atoms with E-state index in [4.69, 9.17) is 4.74 Å². The second-order valence-electron chi connectivity index (χ2n) is 6.81. The highest BCUT2D eigenvalue weighted by Crippen LogP contribution is 2.23. The molecule has 0 radical (unpaired) electrons. The lowest BCUT2D eigenvalue weighted by Gasteiger charge is -2.19. The number of pyridine rings is 1. The lowest BCUT2D eigenvalue weighted by Crippen LogP contribution is -2.27. The first kappa shape index (κ1) is 16.1. The molecule has 3 aromatic rings. The number of carbonyl (C=O) groups excluding carboxylic acids is 1. The summed E-state index contributed by atoms with van der Waals surface area (Å²) >= 11 is 0. The topological polar surface area (TPSA) is 55.6 Å². The van der Waals surface area contributed by atoms with E-state index in [1.807, 2.05) is 80.9 Å². The van der Waals surface area contributed by atoms with Crippen molar-refractivity contribution in [2.45, 2.75) is 33.3 Å². The molecule has 0 aliphatic rings. The van der Waals surface area contributed by atoms with Gasteiger partial charge in [0.05, 0.1) is 5.69 Å². The highest BCUT2D eigenvalue weighted by atomic mass is 16.6. The minimum Gasteiger partial charge on any atom is -0.444 e. The SMILES string of the molecule is Cc1ccc2nc(-c3cccc(NC(=O)OC(C)(C)C)c3)cn2c1. The molecular formula is C19H21N3O2. The van der Waals surface area contributed by atoms with Gasteiger partial charge in [0, 0.05) is 23.6 Å². The van der Waals surface area contributed by atoms with E-state index in [9.17, 15) is 4.79 Å². The number of aryl methyl sites for hydroxylation is 1. The van der Waals surface area contributed by atoms with Gasteiger partial charge in [-0.2, -0.15) is 0 Å². The highest BCUT2D eigenvalue weighted by molar-refractivity contribution is 5.86. The molecule has 124 valence electrons. The monoisotopic (exact) mass is 323 g/mol. The van der Waals surface area contributed by atoms with E-state index in [1.54, 1.807) is 0 Å². The molecule has 0 saturated carbocycles. The molecule has 0 saturated heterocycles. The Labute approximate surface area is 141 Å². The highest BCUT2D eigenvalue weighted by Gasteiger charge is 2.16. The number of nitrogens with zero attached hydrogens (tertiary/aromatic N) is 2. The maximum atomic E-state index is 11.9. The Morgan fingerprint density at radius 2 is 1.96 bits per heavy atom. The summed E-state index contributed by atoms with van der Waals surface area (Å²) < 4.78 is 7.28. The van der Waals surface area contributed by atoms with Crippen molar-refractivity contribution in [2.75, 3.05) is 5.32 Å². The van der Waals surface area contributed by atoms with Crippen LogP contribution in [-0.4, -0.2) is 21.1 Å². The molecule has 0 unspecified atom stereocenters. The van der Waals surface area contributed by atoms with Crippen molar-refractivity contribution >= 4 is 17.4 Å². The maximum Gasteiger partial charge on any atom is 0.412 e. The Bertz CT molecular complexity index is 891. The molecule has 0 bridgehead atoms. The predicted molar refractivity (Wildman–Crippen MR) is 95.2 cm³/mol. The van der Waals surface area contributed by atoms with Gasteiger partial charge in [-0.1, -0.05) is 18.2 Å². The fourth-order valence-corrected chi connectivity index (χ4v) is 2.42. The van der Waals surface area contributed by atoms with E-state index >= 15 is 0 Å². The molecule has 1 aromatic carbocycles. The molecule has 0 atom stereocenters. The molecule has 0 aliphatic carbocycles. The van der Waals surface area contributed by atoms with Gasteiger partial charge in [0.15, 0.2) is 0 Å². The minimum atomic E-state index is -0.527. The summed E-state index contributed by atoms with van der Waals surface area (Å²) in [6.07, 6.45) is 3.55. The summed E-state index contributed by atoms with van der Waals surface area (Å²) in [4.78, 5) is 16.5. The standard InChI is InChI=1S/C19H21N3O2/c1-13-8-9-17-21-16(12-22(17)11-13)14-6-5-7-15(10-14)20-18(23)24-19(2,3)4/h5-12H,1-4H3,(H,20,23). The van der Waals surface area contributed by atoms with Gasteiger partial charge in [0.2, 0.25) is 0 Å². The van der Waals surface area contributed by atoms with Crippen molar-refractivity contribution in [1.29, 1.82) is 0 Å². The van der Waals surface area contributed by atoms with E-state index in [0.717, 1.165) is 16.9 Å². The average molecular weight is 323 g/mol. The molecule has 24 heavy (non-hydrogen) atoms. The largest absolute Gasteiger partial charge is 0.444 e. The van der Waals surface area contributed by atoms with E-state index in [1.165, 1.54) is 5.56 Å². The number of hydrogen-bond acceptors (Lipinski definition) is 3. The van der Waals surface area contributed by atoms with E-state index in [2.05, 4.69) is 10.3 Å². The molecule has 1 amide bonds. The van der Waals surface area contributed by atoms with E-state index < -0.39 is 11.7 Å². The first-order valence-electron chi connectivity index (χ1n) is 7.86. The maximum absolute atomic E-state index is 11.9. The van der Waals surface area contributed by atoms with Crippen molar-refractivity contribution < 1.29 is 9.53 Å². The van der Waals surface area contributed by atoms with Gasteiger partial charge in [0.1, 0.15) is 11.2 Å². The number of benzene rings is 1. The normalized spacial score (nSPS) is 11.5. The van der Waals surface area contributed by atoms with Crippen LogP contribution in [0.1, 0.15) is 26.3 Å². The molecule has 2 heterocycles. The Morgan fingerprint density at radius 1 is 1.17 bits per heavy atom. The van der Waals surface area contributed by atoms with Crippen LogP contribution in [0.2, 0.25) is 0 Å². The van der Waals surface area contributed by atoms with Crippen molar-refractivity contribution in [3.8, 4) is 11.3 Å². The number of nitrogens with one attached hydrogen (secondary N) is 1. The zero-order valence-electron chi connectivity index (χ0n) is 14.3. The smallest absolute Gasteiger partial charge is 0.412 e. The number of aromatic nitrogens is 2. The number of amides is 1. The number of hydrogen-bond donors (Lipinski definition) is 1. The summed E-state index contributed by atoms with van der Waals surface area (Å²) in [5.74, 6) is 0. The third kappa shape index (κ3) is 3.74.